The molecule has 2 aromatic carbocycles. The predicted octanol–water partition coefficient (Wildman–Crippen LogP) is 4.89. The second kappa shape index (κ2) is 7.56. The molecule has 1 fully saturated rings. The van der Waals surface area contributed by atoms with Crippen molar-refractivity contribution in [2.45, 2.75) is 31.7 Å². The summed E-state index contributed by atoms with van der Waals surface area (Å²) in [5, 5.41) is 1.93. The minimum atomic E-state index is -3.06. The van der Waals surface area contributed by atoms with Crippen LogP contribution in [-0.4, -0.2) is 37.2 Å². The van der Waals surface area contributed by atoms with Crippen LogP contribution in [0.5, 0.6) is 0 Å². The van der Waals surface area contributed by atoms with Crippen molar-refractivity contribution in [2.24, 2.45) is 4.99 Å². The Morgan fingerprint density at radius 1 is 1.11 bits per heavy atom. The predicted molar refractivity (Wildman–Crippen MR) is 120 cm³/mol. The lowest BCUT2D eigenvalue weighted by Gasteiger charge is -2.28. The number of sulfone groups is 1. The van der Waals surface area contributed by atoms with Gasteiger partial charge in [0.15, 0.2) is 15.0 Å². The van der Waals surface area contributed by atoms with Crippen LogP contribution in [0.15, 0.2) is 41.4 Å². The Morgan fingerprint density at radius 2 is 1.89 bits per heavy atom. The molecule has 0 aliphatic carbocycles. The summed E-state index contributed by atoms with van der Waals surface area (Å²) in [5.74, 6) is 0.949. The van der Waals surface area contributed by atoms with Crippen LogP contribution in [0.25, 0.3) is 0 Å². The summed E-state index contributed by atoms with van der Waals surface area (Å²) in [6, 6.07) is 11.5. The maximum atomic E-state index is 12.2. The summed E-state index contributed by atoms with van der Waals surface area (Å²) in [4.78, 5) is 6.92. The lowest BCUT2D eigenvalue weighted by Crippen LogP contribution is -2.39. The van der Waals surface area contributed by atoms with Gasteiger partial charge in [0.25, 0.3) is 0 Å². The van der Waals surface area contributed by atoms with Gasteiger partial charge in [-0.15, -0.1) is 0 Å². The van der Waals surface area contributed by atoms with Crippen molar-refractivity contribution in [2.75, 3.05) is 16.4 Å². The molecule has 2 aliphatic rings. The second-order valence-electron chi connectivity index (χ2n) is 7.32. The minimum absolute atomic E-state index is 0.121. The Labute approximate surface area is 179 Å². The number of fused-ring (bicyclic) bond motifs is 1. The van der Waals surface area contributed by atoms with Crippen molar-refractivity contribution in [1.29, 1.82) is 0 Å². The SMILES string of the molecule is Cc1ccc(C)c(N2C(SCc3ccc(Cl)c(Cl)c3)=NC3CS(=O)(=O)CC32)c1. The average molecular weight is 455 g/mol. The number of anilines is 1. The Bertz CT molecular complexity index is 1070. The van der Waals surface area contributed by atoms with Crippen LogP contribution in [0.1, 0.15) is 16.7 Å². The molecule has 0 spiro atoms. The third-order valence-corrected chi connectivity index (χ3v) is 8.56. The van der Waals surface area contributed by atoms with Crippen LogP contribution >= 0.6 is 35.0 Å². The molecule has 0 amide bonds. The van der Waals surface area contributed by atoms with Crippen LogP contribution in [0.2, 0.25) is 10.0 Å². The van der Waals surface area contributed by atoms with Gasteiger partial charge >= 0.3 is 0 Å². The molecule has 28 heavy (non-hydrogen) atoms. The summed E-state index contributed by atoms with van der Waals surface area (Å²) >= 11 is 13.7. The zero-order valence-electron chi connectivity index (χ0n) is 15.5. The summed E-state index contributed by atoms with van der Waals surface area (Å²) in [5.41, 5.74) is 4.33. The first-order valence-corrected chi connectivity index (χ1v) is 12.5. The third kappa shape index (κ3) is 3.92. The van der Waals surface area contributed by atoms with Crippen molar-refractivity contribution in [3.05, 3.63) is 63.1 Å². The topological polar surface area (TPSA) is 49.7 Å². The van der Waals surface area contributed by atoms with E-state index in [-0.39, 0.29) is 23.6 Å². The quantitative estimate of drug-likeness (QED) is 0.662. The van der Waals surface area contributed by atoms with E-state index in [9.17, 15) is 8.42 Å². The number of rotatable bonds is 3. The van der Waals surface area contributed by atoms with E-state index in [0.29, 0.717) is 15.8 Å². The van der Waals surface area contributed by atoms with E-state index in [1.165, 1.54) is 0 Å². The Morgan fingerprint density at radius 3 is 2.64 bits per heavy atom. The molecule has 0 aromatic heterocycles. The normalized spacial score (nSPS) is 23.0. The van der Waals surface area contributed by atoms with Crippen LogP contribution in [0, 0.1) is 13.8 Å². The number of benzene rings is 2. The van der Waals surface area contributed by atoms with E-state index in [4.69, 9.17) is 28.2 Å². The highest BCUT2D eigenvalue weighted by Gasteiger charge is 2.47. The smallest absolute Gasteiger partial charge is 0.164 e. The van der Waals surface area contributed by atoms with Crippen molar-refractivity contribution in [3.8, 4) is 0 Å². The van der Waals surface area contributed by atoms with Gasteiger partial charge in [-0.3, -0.25) is 4.99 Å². The highest BCUT2D eigenvalue weighted by molar-refractivity contribution is 8.13. The van der Waals surface area contributed by atoms with Crippen molar-refractivity contribution in [1.82, 2.24) is 0 Å². The molecular formula is C20H20Cl2N2O2S2. The third-order valence-electron chi connectivity index (χ3n) is 5.08. The van der Waals surface area contributed by atoms with E-state index in [2.05, 4.69) is 23.1 Å². The molecule has 0 saturated carbocycles. The lowest BCUT2D eigenvalue weighted by atomic mass is 10.1. The van der Waals surface area contributed by atoms with Crippen LogP contribution in [-0.2, 0) is 15.6 Å². The van der Waals surface area contributed by atoms with E-state index < -0.39 is 9.84 Å². The van der Waals surface area contributed by atoms with Gasteiger partial charge in [-0.1, -0.05) is 53.2 Å². The van der Waals surface area contributed by atoms with E-state index in [0.717, 1.165) is 27.5 Å². The van der Waals surface area contributed by atoms with Gasteiger partial charge in [-0.2, -0.15) is 0 Å². The fourth-order valence-corrected chi connectivity index (χ4v) is 6.89. The average Bonchev–Trinajstić information content (AvgIpc) is 3.09. The molecule has 0 bridgehead atoms. The standard InChI is InChI=1S/C20H20Cl2N2O2S2/c1-12-3-4-13(2)18(7-12)24-19-11-28(25,26)10-17(19)23-20(24)27-9-14-5-6-15(21)16(22)8-14/h3-8,17,19H,9-11H2,1-2H3. The first-order chi connectivity index (χ1) is 13.2. The Hall–Kier alpha value is -1.21. The maximum absolute atomic E-state index is 12.2. The number of halogens is 2. The zero-order valence-corrected chi connectivity index (χ0v) is 18.7. The number of nitrogens with zero attached hydrogens (tertiary/aromatic N) is 2. The van der Waals surface area contributed by atoms with Crippen molar-refractivity contribution in [3.63, 3.8) is 0 Å². The van der Waals surface area contributed by atoms with Gasteiger partial charge in [-0.25, -0.2) is 8.42 Å². The number of amidine groups is 1. The highest BCUT2D eigenvalue weighted by atomic mass is 35.5. The molecule has 2 heterocycles. The molecule has 2 aliphatic heterocycles. The fraction of sp³-hybridized carbons (Fsp3) is 0.350. The molecule has 8 heteroatoms. The Balaban J connectivity index is 1.65. The molecule has 0 radical (unpaired) electrons. The van der Waals surface area contributed by atoms with Gasteiger partial charge in [0.1, 0.15) is 0 Å². The fourth-order valence-electron chi connectivity index (χ4n) is 3.67. The molecule has 4 nitrogen and oxygen atoms in total. The van der Waals surface area contributed by atoms with E-state index in [1.54, 1.807) is 17.8 Å². The van der Waals surface area contributed by atoms with Gasteiger partial charge in [0.05, 0.1) is 33.6 Å². The van der Waals surface area contributed by atoms with E-state index in [1.807, 2.05) is 26.0 Å². The number of aryl methyl sites for hydroxylation is 2. The monoisotopic (exact) mass is 454 g/mol. The number of thioether (sulfide) groups is 1. The summed E-state index contributed by atoms with van der Waals surface area (Å²) < 4.78 is 24.4. The van der Waals surface area contributed by atoms with Gasteiger partial charge < -0.3 is 4.90 Å². The van der Waals surface area contributed by atoms with Crippen molar-refractivity contribution < 1.29 is 8.42 Å². The van der Waals surface area contributed by atoms with Gasteiger partial charge in [0, 0.05) is 11.4 Å². The lowest BCUT2D eigenvalue weighted by molar-refractivity contribution is 0.601. The van der Waals surface area contributed by atoms with Gasteiger partial charge in [-0.05, 0) is 48.7 Å². The molecule has 2 aromatic rings. The highest BCUT2D eigenvalue weighted by Crippen LogP contribution is 2.38. The first-order valence-electron chi connectivity index (χ1n) is 8.95. The molecule has 1 saturated heterocycles. The van der Waals surface area contributed by atoms with Crippen LogP contribution < -0.4 is 4.90 Å². The van der Waals surface area contributed by atoms with E-state index >= 15 is 0 Å². The first kappa shape index (κ1) is 20.1. The molecule has 2 atom stereocenters. The molecule has 0 N–H and O–H groups in total. The number of hydrogen-bond acceptors (Lipinski definition) is 5. The number of hydrogen-bond donors (Lipinski definition) is 0. The number of aliphatic imine (C=N–C) groups is 1. The van der Waals surface area contributed by atoms with Crippen LogP contribution in [0.3, 0.4) is 0 Å². The zero-order chi connectivity index (χ0) is 20.1. The molecule has 4 rings (SSSR count). The second-order valence-corrected chi connectivity index (χ2v) is 11.2. The van der Waals surface area contributed by atoms with Gasteiger partial charge in [0.2, 0.25) is 0 Å². The molecular weight excluding hydrogens is 435 g/mol. The maximum Gasteiger partial charge on any atom is 0.164 e. The van der Waals surface area contributed by atoms with Crippen molar-refractivity contribution >= 4 is 55.7 Å². The minimum Gasteiger partial charge on any atom is -0.315 e. The molecule has 2 unspecified atom stereocenters. The molecule has 148 valence electrons. The summed E-state index contributed by atoms with van der Waals surface area (Å²) in [7, 11) is -3.06. The summed E-state index contributed by atoms with van der Waals surface area (Å²) in [6.07, 6.45) is 0. The van der Waals surface area contributed by atoms with Crippen LogP contribution in [0.4, 0.5) is 5.69 Å². The summed E-state index contributed by atoms with van der Waals surface area (Å²) in [6.45, 7) is 4.09. The largest absolute Gasteiger partial charge is 0.315 e. The Kier molecular flexibility index (Phi) is 5.42.